The normalized spacial score (nSPS) is 31.7. The Kier molecular flexibility index (Phi) is 14.4. The molecule has 2 bridgehead atoms. The summed E-state index contributed by atoms with van der Waals surface area (Å²) in [5.41, 5.74) is -8.09. The molecule has 1 saturated heterocycles. The highest BCUT2D eigenvalue weighted by atomic mass is 16.6. The molecule has 2 aromatic carbocycles. The maximum atomic E-state index is 14.9. The van der Waals surface area contributed by atoms with Gasteiger partial charge in [0, 0.05) is 32.3 Å². The van der Waals surface area contributed by atoms with Gasteiger partial charge in [-0.25, -0.2) is 14.4 Å². The van der Waals surface area contributed by atoms with Gasteiger partial charge in [-0.1, -0.05) is 62.4 Å². The number of benzene rings is 2. The minimum atomic E-state index is -2.35. The van der Waals surface area contributed by atoms with Crippen LogP contribution in [0.4, 0.5) is 4.79 Å². The number of alkyl carbamates (subject to hydrolysis) is 1. The molecule has 6 rings (SSSR count). The van der Waals surface area contributed by atoms with Crippen LogP contribution in [-0.4, -0.2) is 123 Å². The van der Waals surface area contributed by atoms with E-state index in [4.69, 9.17) is 28.4 Å². The van der Waals surface area contributed by atoms with E-state index in [0.29, 0.717) is 5.56 Å². The minimum absolute atomic E-state index is 0.0417. The summed E-state index contributed by atoms with van der Waals surface area (Å²) in [6, 6.07) is 14.6. The van der Waals surface area contributed by atoms with Crippen LogP contribution in [0.5, 0.6) is 0 Å². The molecule has 2 aromatic rings. The number of aliphatic hydroxyl groups excluding tert-OH is 3. The Bertz CT molecular complexity index is 2090. The molecule has 2 saturated carbocycles. The molecule has 0 radical (unpaired) electrons. The first-order valence-electron chi connectivity index (χ1n) is 21.4. The summed E-state index contributed by atoms with van der Waals surface area (Å²) in [4.78, 5) is 68.9. The number of ketones is 1. The molecule has 1 heterocycles. The van der Waals surface area contributed by atoms with Gasteiger partial charge in [0.25, 0.3) is 0 Å². The third kappa shape index (κ3) is 9.49. The number of ether oxygens (including phenoxy) is 6. The topological polar surface area (TPSA) is 234 Å². The lowest BCUT2D eigenvalue weighted by Crippen LogP contribution is -2.81. The van der Waals surface area contributed by atoms with Gasteiger partial charge in [0.2, 0.25) is 0 Å². The van der Waals surface area contributed by atoms with Crippen LogP contribution in [0.1, 0.15) is 111 Å². The van der Waals surface area contributed by atoms with E-state index in [0.717, 1.165) is 6.92 Å². The van der Waals surface area contributed by atoms with Crippen LogP contribution in [0.2, 0.25) is 0 Å². The molecule has 5 N–H and O–H groups in total. The molecule has 352 valence electrons. The number of fused-ring (bicyclic) bond motifs is 5. The summed E-state index contributed by atoms with van der Waals surface area (Å²) in [6.45, 7) is 17.9. The highest BCUT2D eigenvalue weighted by molar-refractivity contribution is 5.94. The number of hydrogen-bond acceptors (Lipinski definition) is 15. The Hall–Kier alpha value is -4.71. The van der Waals surface area contributed by atoms with Crippen molar-refractivity contribution < 1.29 is 72.8 Å². The van der Waals surface area contributed by atoms with Crippen molar-refractivity contribution in [2.45, 2.75) is 154 Å². The van der Waals surface area contributed by atoms with E-state index in [2.05, 4.69) is 5.32 Å². The molecule has 11 atom stereocenters. The summed E-state index contributed by atoms with van der Waals surface area (Å²) >= 11 is 0. The van der Waals surface area contributed by atoms with E-state index in [1.54, 1.807) is 90.3 Å². The zero-order valence-corrected chi connectivity index (χ0v) is 38.8. The lowest BCUT2D eigenvalue weighted by molar-refractivity contribution is -0.346. The van der Waals surface area contributed by atoms with Crippen molar-refractivity contribution in [3.05, 3.63) is 82.9 Å². The second-order valence-corrected chi connectivity index (χ2v) is 19.9. The zero-order valence-electron chi connectivity index (χ0n) is 38.8. The molecule has 16 nitrogen and oxygen atoms in total. The fraction of sp³-hybridized carbons (Fsp3) is 0.604. The summed E-state index contributed by atoms with van der Waals surface area (Å²) in [7, 11) is 1.71. The number of aliphatic hydroxyl groups is 4. The molecule has 0 aromatic heterocycles. The van der Waals surface area contributed by atoms with E-state index in [1.807, 2.05) is 20.8 Å². The molecule has 0 unspecified atom stereocenters. The lowest BCUT2D eigenvalue weighted by atomic mass is 9.44. The number of methoxy groups -OCH3 is 1. The van der Waals surface area contributed by atoms with Crippen LogP contribution in [0.3, 0.4) is 0 Å². The molecule has 0 spiro atoms. The Morgan fingerprint density at radius 2 is 1.45 bits per heavy atom. The first kappa shape index (κ1) is 50.3. The van der Waals surface area contributed by atoms with Gasteiger partial charge in [-0.3, -0.25) is 9.59 Å². The summed E-state index contributed by atoms with van der Waals surface area (Å²) in [5.74, 6) is -5.36. The van der Waals surface area contributed by atoms with Gasteiger partial charge in [-0.05, 0) is 84.2 Å². The third-order valence-corrected chi connectivity index (χ3v) is 13.2. The smallest absolute Gasteiger partial charge is 0.408 e. The van der Waals surface area contributed by atoms with Crippen molar-refractivity contribution in [1.29, 1.82) is 0 Å². The standard InChI is InChI=1S/C43H53NO14.C5H12O/c1-22-26(55-37(51)32(48)30(24-15-11-9-12-16-24)44-38(52)58-39(3,4)5)20-43(53)35(56-36(50)25-17-13-10-14-18-25)33-41(8,34(49)31(47)29(22)40(43,6)7)27(46)19-28-42(33,21-54-28)57-23(2)45;1-5(2,3)6-4/h9-18,26-28,30-33,35,46-48,53H,19-21H2,1-8H3,(H,44,52);1-4H3/t26-,27-,28+,30-,31+,32+,33-,35-,41+,42-,43+;/m0./s1. The Labute approximate surface area is 374 Å². The average molecular weight is 896 g/mol. The monoisotopic (exact) mass is 895 g/mol. The van der Waals surface area contributed by atoms with Gasteiger partial charge in [0.05, 0.1) is 41.3 Å². The lowest BCUT2D eigenvalue weighted by Gasteiger charge is -2.67. The first-order chi connectivity index (χ1) is 29.6. The summed E-state index contributed by atoms with van der Waals surface area (Å²) in [5, 5.41) is 51.6. The van der Waals surface area contributed by atoms with E-state index >= 15 is 0 Å². The van der Waals surface area contributed by atoms with Crippen LogP contribution in [0, 0.1) is 16.7 Å². The SMILES string of the molecule is CC(=O)O[C@@]12CO[C@@H]1C[C@H](O)[C@@]1(C)C(=O)[C@H](O)C3=C(C)[C@@H](OC(=O)[C@H](O)[C@@H](NC(=O)OC(C)(C)C)c4ccccc4)C[C@@](O)([C@@H](OC(=O)c4ccccc4)[C@H]21)C3(C)C.COC(C)(C)C. The maximum absolute atomic E-state index is 14.9. The second kappa shape index (κ2) is 18.3. The van der Waals surface area contributed by atoms with Crippen molar-refractivity contribution in [2.24, 2.45) is 16.7 Å². The minimum Gasteiger partial charge on any atom is -0.456 e. The average Bonchev–Trinajstić information content (AvgIpc) is 3.20. The number of nitrogens with one attached hydrogen (secondary N) is 1. The van der Waals surface area contributed by atoms with E-state index < -0.39 is 112 Å². The molecule has 3 aliphatic carbocycles. The second-order valence-electron chi connectivity index (χ2n) is 19.9. The molecule has 16 heteroatoms. The van der Waals surface area contributed by atoms with Crippen molar-refractivity contribution in [3.8, 4) is 0 Å². The van der Waals surface area contributed by atoms with Crippen molar-refractivity contribution >= 4 is 29.8 Å². The zero-order chi connectivity index (χ0) is 48.0. The van der Waals surface area contributed by atoms with Gasteiger partial charge in [-0.2, -0.15) is 0 Å². The molecule has 1 amide bonds. The Morgan fingerprint density at radius 1 is 0.891 bits per heavy atom. The predicted octanol–water partition coefficient (Wildman–Crippen LogP) is 4.69. The predicted molar refractivity (Wildman–Crippen MR) is 230 cm³/mol. The van der Waals surface area contributed by atoms with Crippen LogP contribution in [0.15, 0.2) is 71.8 Å². The molecular weight excluding hydrogens is 831 g/mol. The maximum Gasteiger partial charge on any atom is 0.408 e. The van der Waals surface area contributed by atoms with Gasteiger partial charge in [0.15, 0.2) is 17.5 Å². The Morgan fingerprint density at radius 3 is 1.95 bits per heavy atom. The number of hydrogen-bond donors (Lipinski definition) is 5. The molecule has 1 aliphatic heterocycles. The van der Waals surface area contributed by atoms with Crippen molar-refractivity contribution in [1.82, 2.24) is 5.32 Å². The van der Waals surface area contributed by atoms with Gasteiger partial charge >= 0.3 is 24.0 Å². The number of carbonyl (C=O) groups excluding carboxylic acids is 5. The van der Waals surface area contributed by atoms with Crippen LogP contribution < -0.4 is 5.32 Å². The number of rotatable bonds is 8. The number of esters is 3. The first-order valence-corrected chi connectivity index (χ1v) is 21.4. The largest absolute Gasteiger partial charge is 0.456 e. The number of amides is 1. The fourth-order valence-electron chi connectivity index (χ4n) is 9.56. The fourth-order valence-corrected chi connectivity index (χ4v) is 9.56. The van der Waals surface area contributed by atoms with Crippen LogP contribution in [0.25, 0.3) is 0 Å². The quantitative estimate of drug-likeness (QED) is 0.137. The number of Topliss-reactive ketones (excluding diaryl/α,β-unsaturated/α-hetero) is 1. The van der Waals surface area contributed by atoms with Gasteiger partial charge < -0.3 is 54.2 Å². The van der Waals surface area contributed by atoms with E-state index in [-0.39, 0.29) is 35.3 Å². The van der Waals surface area contributed by atoms with Crippen molar-refractivity contribution in [3.63, 3.8) is 0 Å². The van der Waals surface area contributed by atoms with Crippen molar-refractivity contribution in [2.75, 3.05) is 13.7 Å². The molecule has 4 aliphatic rings. The summed E-state index contributed by atoms with van der Waals surface area (Å²) in [6.07, 6.45) is -11.5. The van der Waals surface area contributed by atoms with Crippen LogP contribution in [-0.2, 0) is 42.8 Å². The highest BCUT2D eigenvalue weighted by Gasteiger charge is 2.78. The third-order valence-electron chi connectivity index (χ3n) is 13.2. The number of carbonyl (C=O) groups is 5. The Balaban J connectivity index is 0.00000120. The highest BCUT2D eigenvalue weighted by Crippen LogP contribution is 2.64. The molecular formula is C48H65NO15. The summed E-state index contributed by atoms with van der Waals surface area (Å²) < 4.78 is 34.4. The molecule has 3 fully saturated rings. The molecule has 64 heavy (non-hydrogen) atoms. The van der Waals surface area contributed by atoms with E-state index in [9.17, 15) is 44.4 Å². The van der Waals surface area contributed by atoms with Crippen LogP contribution >= 0.6 is 0 Å². The van der Waals surface area contributed by atoms with Gasteiger partial charge in [-0.15, -0.1) is 0 Å². The van der Waals surface area contributed by atoms with Gasteiger partial charge in [0.1, 0.15) is 35.6 Å². The van der Waals surface area contributed by atoms with E-state index in [1.165, 1.54) is 26.0 Å².